The van der Waals surface area contributed by atoms with Crippen molar-refractivity contribution >= 4 is 11.9 Å². The van der Waals surface area contributed by atoms with Crippen LogP contribution in [0.5, 0.6) is 0 Å². The smallest absolute Gasteiger partial charge is 0.257 e. The van der Waals surface area contributed by atoms with Crippen LogP contribution in [0.2, 0.25) is 0 Å². The normalized spacial score (nSPS) is 32.0. The van der Waals surface area contributed by atoms with Crippen LogP contribution in [0, 0.1) is 17.8 Å². The molecule has 28 heavy (non-hydrogen) atoms. The number of hydrogen-bond acceptors (Lipinski definition) is 4. The highest BCUT2D eigenvalue weighted by atomic mass is 16.2. The zero-order chi connectivity index (χ0) is 20.0. The van der Waals surface area contributed by atoms with Gasteiger partial charge in [0.1, 0.15) is 5.54 Å². The number of nitrogens with two attached hydrogens (primary N) is 1. The van der Waals surface area contributed by atoms with Crippen LogP contribution < -0.4 is 5.73 Å². The first-order chi connectivity index (χ1) is 13.5. The molecule has 2 saturated carbocycles. The van der Waals surface area contributed by atoms with E-state index >= 15 is 0 Å². The molecule has 2 fully saturated rings. The summed E-state index contributed by atoms with van der Waals surface area (Å²) in [7, 11) is 1.78. The highest BCUT2D eigenvalue weighted by Gasteiger charge is 2.47. The van der Waals surface area contributed by atoms with Crippen molar-refractivity contribution < 1.29 is 9.90 Å². The number of likely N-dealkylation sites (N-methyl/N-ethyl adjacent to an activating group) is 1. The third kappa shape index (κ3) is 5.28. The lowest BCUT2D eigenvalue weighted by atomic mass is 9.72. The Balaban J connectivity index is 1.63. The molecule has 2 aliphatic carbocycles. The van der Waals surface area contributed by atoms with E-state index in [1.54, 1.807) is 11.9 Å². The molecule has 5 heteroatoms. The Hall–Kier alpha value is -1.10. The fraction of sp³-hybridized carbons (Fsp3) is 0.913. The van der Waals surface area contributed by atoms with Gasteiger partial charge in [-0.1, -0.05) is 64.2 Å². The van der Waals surface area contributed by atoms with Crippen molar-refractivity contribution in [3.63, 3.8) is 0 Å². The van der Waals surface area contributed by atoms with Crippen molar-refractivity contribution in [1.29, 1.82) is 0 Å². The molecule has 0 aromatic rings. The highest BCUT2D eigenvalue weighted by molar-refractivity contribution is 6.06. The number of carbonyl (C=O) groups is 1. The second kappa shape index (κ2) is 10.1. The molecule has 1 heterocycles. The van der Waals surface area contributed by atoms with Crippen LogP contribution in [0.25, 0.3) is 0 Å². The van der Waals surface area contributed by atoms with Gasteiger partial charge in [0.05, 0.1) is 0 Å². The Morgan fingerprint density at radius 2 is 1.75 bits per heavy atom. The number of aliphatic hydroxyl groups excluding tert-OH is 1. The van der Waals surface area contributed by atoms with Crippen molar-refractivity contribution in [3.8, 4) is 0 Å². The van der Waals surface area contributed by atoms with Crippen molar-refractivity contribution in [3.05, 3.63) is 0 Å². The summed E-state index contributed by atoms with van der Waals surface area (Å²) < 4.78 is 0. The Kier molecular flexibility index (Phi) is 7.78. The van der Waals surface area contributed by atoms with Gasteiger partial charge >= 0.3 is 0 Å². The summed E-state index contributed by atoms with van der Waals surface area (Å²) in [5.74, 6) is 2.62. The largest absolute Gasteiger partial charge is 0.396 e. The van der Waals surface area contributed by atoms with Gasteiger partial charge in [-0.25, -0.2) is 4.99 Å². The molecular weight excluding hydrogens is 350 g/mol. The number of nitrogens with zero attached hydrogens (tertiary/aromatic N) is 2. The van der Waals surface area contributed by atoms with Gasteiger partial charge in [-0.05, 0) is 49.9 Å². The van der Waals surface area contributed by atoms with E-state index in [4.69, 9.17) is 15.8 Å². The zero-order valence-corrected chi connectivity index (χ0v) is 17.9. The number of amides is 1. The van der Waals surface area contributed by atoms with E-state index in [0.29, 0.717) is 18.5 Å². The summed E-state index contributed by atoms with van der Waals surface area (Å²) >= 11 is 0. The van der Waals surface area contributed by atoms with Crippen LogP contribution in [0.4, 0.5) is 0 Å². The molecule has 0 radical (unpaired) electrons. The molecular formula is C23H41N3O2. The second-order valence-electron chi connectivity index (χ2n) is 9.73. The van der Waals surface area contributed by atoms with Gasteiger partial charge in [0.2, 0.25) is 0 Å². The molecule has 0 bridgehead atoms. The van der Waals surface area contributed by atoms with Crippen molar-refractivity contribution in [2.45, 2.75) is 102 Å². The van der Waals surface area contributed by atoms with E-state index in [1.807, 2.05) is 0 Å². The van der Waals surface area contributed by atoms with Crippen LogP contribution in [-0.4, -0.2) is 41.1 Å². The lowest BCUT2D eigenvalue weighted by Crippen LogP contribution is -2.44. The van der Waals surface area contributed by atoms with Gasteiger partial charge in [0.15, 0.2) is 5.96 Å². The molecule has 3 N–H and O–H groups in total. The van der Waals surface area contributed by atoms with Crippen molar-refractivity contribution in [2.24, 2.45) is 28.5 Å². The first-order valence-electron chi connectivity index (χ1n) is 11.8. The summed E-state index contributed by atoms with van der Waals surface area (Å²) in [6.45, 7) is 0.301. The standard InChI is InChI=1S/C23H41N3O2/c1-26-21(28)23(25-22(26)24,14-13-18-8-3-2-4-9-18)17-20-12-7-11-19(16-20)10-5-6-15-27/h18-20,27H,2-17H2,1H3,(H2,24,25)/t19-,20-,23+/m0/s1. The minimum absolute atomic E-state index is 0.128. The lowest BCUT2D eigenvalue weighted by Gasteiger charge is -2.35. The van der Waals surface area contributed by atoms with Crippen molar-refractivity contribution in [1.82, 2.24) is 4.90 Å². The van der Waals surface area contributed by atoms with E-state index in [1.165, 1.54) is 64.2 Å². The molecule has 1 aliphatic heterocycles. The maximum absolute atomic E-state index is 13.2. The maximum atomic E-state index is 13.2. The number of guanidine groups is 1. The van der Waals surface area contributed by atoms with Gasteiger partial charge in [0.25, 0.3) is 5.91 Å². The lowest BCUT2D eigenvalue weighted by molar-refractivity contribution is -0.131. The molecule has 0 unspecified atom stereocenters. The average Bonchev–Trinajstić information content (AvgIpc) is 2.92. The fourth-order valence-electron chi connectivity index (χ4n) is 5.95. The molecule has 160 valence electrons. The number of aliphatic imine (C=N–C) groups is 1. The SMILES string of the molecule is CN1C(=O)[C@@](CCC2CCCCC2)(C[C@H]2CCC[C@H](CCCCO)C2)N=C1N. The number of carbonyl (C=O) groups excluding carboxylic acids is 1. The average molecular weight is 392 g/mol. The molecule has 1 amide bonds. The minimum atomic E-state index is -0.603. The number of rotatable bonds is 9. The van der Waals surface area contributed by atoms with E-state index in [9.17, 15) is 4.79 Å². The molecule has 3 rings (SSSR count). The summed E-state index contributed by atoms with van der Waals surface area (Å²) in [6, 6.07) is 0. The first-order valence-corrected chi connectivity index (χ1v) is 11.8. The molecule has 0 aromatic carbocycles. The van der Waals surface area contributed by atoms with E-state index in [2.05, 4.69) is 0 Å². The third-order valence-corrected chi connectivity index (χ3v) is 7.60. The second-order valence-corrected chi connectivity index (χ2v) is 9.73. The van der Waals surface area contributed by atoms with E-state index < -0.39 is 5.54 Å². The van der Waals surface area contributed by atoms with Gasteiger partial charge in [-0.15, -0.1) is 0 Å². The third-order valence-electron chi connectivity index (χ3n) is 7.60. The predicted octanol–water partition coefficient (Wildman–Crippen LogP) is 4.23. The topological polar surface area (TPSA) is 78.9 Å². The molecule has 0 aromatic heterocycles. The highest BCUT2D eigenvalue weighted by Crippen LogP contribution is 2.42. The number of unbranched alkanes of at least 4 members (excludes halogenated alkanes) is 1. The number of hydrogen-bond donors (Lipinski definition) is 2. The Morgan fingerprint density at radius 3 is 2.43 bits per heavy atom. The summed E-state index contributed by atoms with van der Waals surface area (Å²) in [6.07, 6.45) is 17.8. The van der Waals surface area contributed by atoms with Crippen LogP contribution in [-0.2, 0) is 4.79 Å². The predicted molar refractivity (Wildman–Crippen MR) is 114 cm³/mol. The molecule has 3 aliphatic rings. The molecule has 3 atom stereocenters. The van der Waals surface area contributed by atoms with E-state index in [0.717, 1.165) is 43.9 Å². The van der Waals surface area contributed by atoms with Gasteiger partial charge in [-0.3, -0.25) is 9.69 Å². The van der Waals surface area contributed by atoms with Gasteiger partial charge < -0.3 is 10.8 Å². The molecule has 5 nitrogen and oxygen atoms in total. The maximum Gasteiger partial charge on any atom is 0.257 e. The van der Waals surface area contributed by atoms with Crippen LogP contribution in [0.1, 0.15) is 96.3 Å². The summed E-state index contributed by atoms with van der Waals surface area (Å²) in [5.41, 5.74) is 5.49. The fourth-order valence-corrected chi connectivity index (χ4v) is 5.95. The van der Waals surface area contributed by atoms with E-state index in [-0.39, 0.29) is 5.91 Å². The zero-order valence-electron chi connectivity index (χ0n) is 17.9. The Labute approximate surface area is 171 Å². The summed E-state index contributed by atoms with van der Waals surface area (Å²) in [5, 5.41) is 9.05. The minimum Gasteiger partial charge on any atom is -0.396 e. The van der Waals surface area contributed by atoms with Gasteiger partial charge in [-0.2, -0.15) is 0 Å². The van der Waals surface area contributed by atoms with Crippen molar-refractivity contribution in [2.75, 3.05) is 13.7 Å². The van der Waals surface area contributed by atoms with Crippen LogP contribution in [0.3, 0.4) is 0 Å². The Bertz CT molecular complexity index is 544. The summed E-state index contributed by atoms with van der Waals surface area (Å²) in [4.78, 5) is 19.6. The Morgan fingerprint density at radius 1 is 1.04 bits per heavy atom. The van der Waals surface area contributed by atoms with Crippen LogP contribution >= 0.6 is 0 Å². The quantitative estimate of drug-likeness (QED) is 0.577. The monoisotopic (exact) mass is 391 g/mol. The molecule has 0 spiro atoms. The van der Waals surface area contributed by atoms with Gasteiger partial charge in [0, 0.05) is 13.7 Å². The van der Waals surface area contributed by atoms with Crippen LogP contribution in [0.15, 0.2) is 4.99 Å². The molecule has 0 saturated heterocycles. The first kappa shape index (κ1) is 21.6. The number of aliphatic hydroxyl groups is 1.